The standard InChI is InChI=1S/C25H30FN3O4S/c1-18-6-7-19(2)23(17-18)34(32,33)28-15-13-27(14-16-28)22-5-3-4-12-29(25(22)31)24(30)20-8-10-21(26)11-9-20/h6-11,17,22H,3-5,12-16H2,1-2H3/t22-/m0/s1. The van der Waals surface area contributed by atoms with Gasteiger partial charge < -0.3 is 0 Å². The van der Waals surface area contributed by atoms with E-state index in [4.69, 9.17) is 0 Å². The molecule has 182 valence electrons. The average molecular weight is 488 g/mol. The number of halogens is 1. The summed E-state index contributed by atoms with van der Waals surface area (Å²) in [7, 11) is -3.63. The number of imide groups is 1. The molecule has 0 aromatic heterocycles. The van der Waals surface area contributed by atoms with E-state index in [0.717, 1.165) is 12.0 Å². The Morgan fingerprint density at radius 3 is 2.29 bits per heavy atom. The summed E-state index contributed by atoms with van der Waals surface area (Å²) in [5, 5.41) is 0. The molecule has 0 spiro atoms. The van der Waals surface area contributed by atoms with Crippen LogP contribution in [0.2, 0.25) is 0 Å². The molecular formula is C25H30FN3O4S. The first kappa shape index (κ1) is 24.5. The lowest BCUT2D eigenvalue weighted by molar-refractivity contribution is -0.134. The minimum absolute atomic E-state index is 0.266. The van der Waals surface area contributed by atoms with E-state index in [1.807, 2.05) is 24.0 Å². The molecule has 0 radical (unpaired) electrons. The maximum absolute atomic E-state index is 13.4. The van der Waals surface area contributed by atoms with Crippen LogP contribution in [0, 0.1) is 19.7 Å². The SMILES string of the molecule is Cc1ccc(C)c(S(=O)(=O)N2CCN([C@H]3CCCCN(C(=O)c4ccc(F)cc4)C3=O)CC2)c1. The van der Waals surface area contributed by atoms with Gasteiger partial charge in [-0.25, -0.2) is 12.8 Å². The van der Waals surface area contributed by atoms with Crippen LogP contribution in [0.15, 0.2) is 47.4 Å². The summed E-state index contributed by atoms with van der Waals surface area (Å²) >= 11 is 0. The third kappa shape index (κ3) is 4.92. The van der Waals surface area contributed by atoms with Gasteiger partial charge in [0.1, 0.15) is 5.82 Å². The summed E-state index contributed by atoms with van der Waals surface area (Å²) in [6.07, 6.45) is 2.12. The number of carbonyl (C=O) groups excluding carboxylic acids is 2. The highest BCUT2D eigenvalue weighted by atomic mass is 32.2. The normalized spacial score (nSPS) is 20.9. The smallest absolute Gasteiger partial charge is 0.260 e. The number of carbonyl (C=O) groups is 2. The predicted molar refractivity (Wildman–Crippen MR) is 126 cm³/mol. The zero-order valence-corrected chi connectivity index (χ0v) is 20.4. The molecule has 4 rings (SSSR count). The quantitative estimate of drug-likeness (QED) is 0.620. The van der Waals surface area contributed by atoms with Crippen LogP contribution < -0.4 is 0 Å². The van der Waals surface area contributed by atoms with Crippen molar-refractivity contribution in [1.82, 2.24) is 14.1 Å². The molecule has 2 aliphatic rings. The van der Waals surface area contributed by atoms with Gasteiger partial charge in [-0.1, -0.05) is 12.1 Å². The monoisotopic (exact) mass is 487 g/mol. The molecule has 2 aliphatic heterocycles. The second-order valence-electron chi connectivity index (χ2n) is 9.02. The highest BCUT2D eigenvalue weighted by Gasteiger charge is 2.38. The van der Waals surface area contributed by atoms with Gasteiger partial charge in [-0.2, -0.15) is 4.31 Å². The Balaban J connectivity index is 1.47. The van der Waals surface area contributed by atoms with Crippen molar-refractivity contribution in [2.75, 3.05) is 32.7 Å². The van der Waals surface area contributed by atoms with E-state index in [9.17, 15) is 22.4 Å². The van der Waals surface area contributed by atoms with Gasteiger partial charge in [0.05, 0.1) is 10.9 Å². The van der Waals surface area contributed by atoms with Crippen molar-refractivity contribution in [3.8, 4) is 0 Å². The molecule has 9 heteroatoms. The molecule has 0 saturated carbocycles. The highest BCUT2D eigenvalue weighted by molar-refractivity contribution is 7.89. The van der Waals surface area contributed by atoms with E-state index in [1.54, 1.807) is 13.0 Å². The molecule has 2 heterocycles. The number of benzene rings is 2. The molecule has 34 heavy (non-hydrogen) atoms. The number of sulfonamides is 1. The third-order valence-corrected chi connectivity index (χ3v) is 8.71. The predicted octanol–water partition coefficient (Wildman–Crippen LogP) is 2.97. The number of amides is 2. The number of rotatable bonds is 4. The van der Waals surface area contributed by atoms with Crippen LogP contribution in [0.25, 0.3) is 0 Å². The van der Waals surface area contributed by atoms with Gasteiger partial charge in [0.25, 0.3) is 5.91 Å². The van der Waals surface area contributed by atoms with Gasteiger partial charge in [-0.15, -0.1) is 0 Å². The molecule has 2 aromatic rings. The Kier molecular flexibility index (Phi) is 7.16. The Bertz CT molecular complexity index is 1180. The van der Waals surface area contributed by atoms with Crippen molar-refractivity contribution >= 4 is 21.8 Å². The lowest BCUT2D eigenvalue weighted by atomic mass is 10.1. The summed E-state index contributed by atoms with van der Waals surface area (Å²) in [4.78, 5) is 29.9. The largest absolute Gasteiger partial charge is 0.289 e. The van der Waals surface area contributed by atoms with Gasteiger partial charge in [-0.05, 0) is 74.6 Å². The summed E-state index contributed by atoms with van der Waals surface area (Å²) in [6.45, 7) is 5.38. The Morgan fingerprint density at radius 1 is 0.941 bits per heavy atom. The summed E-state index contributed by atoms with van der Waals surface area (Å²) in [5.74, 6) is -1.13. The van der Waals surface area contributed by atoms with Crippen molar-refractivity contribution in [2.24, 2.45) is 0 Å². The fraction of sp³-hybridized carbons (Fsp3) is 0.440. The van der Waals surface area contributed by atoms with Crippen molar-refractivity contribution in [3.63, 3.8) is 0 Å². The van der Waals surface area contributed by atoms with Gasteiger partial charge >= 0.3 is 0 Å². The van der Waals surface area contributed by atoms with Crippen LogP contribution in [-0.4, -0.2) is 73.1 Å². The minimum Gasteiger partial charge on any atom is -0.289 e. The Labute approximate surface area is 200 Å². The number of nitrogens with zero attached hydrogens (tertiary/aromatic N) is 3. The number of likely N-dealkylation sites (tertiary alicyclic amines) is 1. The summed E-state index contributed by atoms with van der Waals surface area (Å²) < 4.78 is 41.2. The molecule has 2 aromatic carbocycles. The molecule has 2 saturated heterocycles. The van der Waals surface area contributed by atoms with E-state index in [1.165, 1.54) is 33.5 Å². The average Bonchev–Trinajstić information content (AvgIpc) is 3.02. The van der Waals surface area contributed by atoms with E-state index in [0.29, 0.717) is 42.9 Å². The number of hydrogen-bond donors (Lipinski definition) is 0. The first-order chi connectivity index (χ1) is 16.2. The summed E-state index contributed by atoms with van der Waals surface area (Å²) in [6, 6.07) is 10.1. The van der Waals surface area contributed by atoms with Crippen molar-refractivity contribution < 1.29 is 22.4 Å². The molecule has 0 aliphatic carbocycles. The molecule has 0 unspecified atom stereocenters. The van der Waals surface area contributed by atoms with Crippen molar-refractivity contribution in [2.45, 2.75) is 44.0 Å². The first-order valence-electron chi connectivity index (χ1n) is 11.6. The van der Waals surface area contributed by atoms with Gasteiger partial charge in [-0.3, -0.25) is 19.4 Å². The van der Waals surface area contributed by atoms with Gasteiger partial charge in [0.2, 0.25) is 15.9 Å². The van der Waals surface area contributed by atoms with E-state index in [2.05, 4.69) is 0 Å². The zero-order chi connectivity index (χ0) is 24.5. The van der Waals surface area contributed by atoms with Gasteiger partial charge in [0, 0.05) is 38.3 Å². The molecule has 1 atom stereocenters. The Morgan fingerprint density at radius 2 is 1.62 bits per heavy atom. The van der Waals surface area contributed by atoms with E-state index < -0.39 is 27.8 Å². The maximum atomic E-state index is 13.4. The fourth-order valence-electron chi connectivity index (χ4n) is 4.69. The minimum atomic E-state index is -3.63. The van der Waals surface area contributed by atoms with Crippen molar-refractivity contribution in [3.05, 3.63) is 65.0 Å². The number of hydrogen-bond acceptors (Lipinski definition) is 5. The second-order valence-corrected chi connectivity index (χ2v) is 10.9. The lowest BCUT2D eigenvalue weighted by Gasteiger charge is -2.38. The maximum Gasteiger partial charge on any atom is 0.260 e. The van der Waals surface area contributed by atoms with Crippen LogP contribution in [-0.2, 0) is 14.8 Å². The van der Waals surface area contributed by atoms with Crippen LogP contribution in [0.5, 0.6) is 0 Å². The van der Waals surface area contributed by atoms with Crippen LogP contribution in [0.3, 0.4) is 0 Å². The third-order valence-electron chi connectivity index (χ3n) is 6.67. The second kappa shape index (κ2) is 9.93. The van der Waals surface area contributed by atoms with Crippen molar-refractivity contribution in [1.29, 1.82) is 0 Å². The molecule has 2 fully saturated rings. The van der Waals surface area contributed by atoms with E-state index >= 15 is 0 Å². The topological polar surface area (TPSA) is 78.0 Å². The number of aryl methyl sites for hydroxylation is 2. The van der Waals surface area contributed by atoms with E-state index in [-0.39, 0.29) is 24.6 Å². The molecule has 0 N–H and O–H groups in total. The highest BCUT2D eigenvalue weighted by Crippen LogP contribution is 2.25. The zero-order valence-electron chi connectivity index (χ0n) is 19.5. The van der Waals surface area contributed by atoms with Gasteiger partial charge in [0.15, 0.2) is 0 Å². The first-order valence-corrected chi connectivity index (χ1v) is 13.1. The summed E-state index contributed by atoms with van der Waals surface area (Å²) in [5.41, 5.74) is 1.87. The van der Waals surface area contributed by atoms with Crippen LogP contribution in [0.4, 0.5) is 4.39 Å². The lowest BCUT2D eigenvalue weighted by Crippen LogP contribution is -2.56. The fourth-order valence-corrected chi connectivity index (χ4v) is 6.42. The van der Waals surface area contributed by atoms with Crippen LogP contribution >= 0.6 is 0 Å². The number of piperazine rings is 1. The molecular weight excluding hydrogens is 457 g/mol. The Hall–Kier alpha value is -2.62. The molecule has 0 bridgehead atoms. The molecule has 7 nitrogen and oxygen atoms in total. The molecule has 2 amide bonds. The van der Waals surface area contributed by atoms with Crippen LogP contribution in [0.1, 0.15) is 40.7 Å².